The van der Waals surface area contributed by atoms with Crippen LogP contribution in [0.1, 0.15) is 24.8 Å². The SMILES string of the molecule is Cc1ccc(-n2c(SCC#N)nnc2N2CCCCC2)cc1. The largest absolute Gasteiger partial charge is 0.341 e. The Labute approximate surface area is 135 Å². The van der Waals surface area contributed by atoms with Crippen molar-refractivity contribution < 1.29 is 0 Å². The Morgan fingerprint density at radius 3 is 2.55 bits per heavy atom. The van der Waals surface area contributed by atoms with Crippen LogP contribution < -0.4 is 4.90 Å². The van der Waals surface area contributed by atoms with E-state index in [4.69, 9.17) is 5.26 Å². The number of aryl methyl sites for hydroxylation is 1. The molecule has 0 aliphatic carbocycles. The molecule has 1 aromatic carbocycles. The Bertz CT molecular complexity index is 665. The lowest BCUT2D eigenvalue weighted by atomic mass is 10.1. The van der Waals surface area contributed by atoms with Gasteiger partial charge in [0.05, 0.1) is 17.5 Å². The fraction of sp³-hybridized carbons (Fsp3) is 0.438. The third-order valence-corrected chi connectivity index (χ3v) is 4.61. The van der Waals surface area contributed by atoms with Crippen LogP contribution in [0.4, 0.5) is 5.95 Å². The molecular weight excluding hydrogens is 294 g/mol. The first-order valence-electron chi connectivity index (χ1n) is 7.57. The number of hydrogen-bond donors (Lipinski definition) is 0. The van der Waals surface area contributed by atoms with Crippen LogP contribution in [0.15, 0.2) is 29.4 Å². The van der Waals surface area contributed by atoms with Crippen LogP contribution in [0, 0.1) is 18.3 Å². The topological polar surface area (TPSA) is 57.7 Å². The molecule has 1 saturated heterocycles. The summed E-state index contributed by atoms with van der Waals surface area (Å²) in [5.74, 6) is 1.27. The lowest BCUT2D eigenvalue weighted by Crippen LogP contribution is -2.31. The molecule has 0 atom stereocenters. The number of piperidine rings is 1. The normalized spacial score (nSPS) is 14.8. The molecule has 1 fully saturated rings. The summed E-state index contributed by atoms with van der Waals surface area (Å²) < 4.78 is 2.08. The second kappa shape index (κ2) is 6.84. The van der Waals surface area contributed by atoms with E-state index in [0.29, 0.717) is 5.75 Å². The highest BCUT2D eigenvalue weighted by Gasteiger charge is 2.21. The highest BCUT2D eigenvalue weighted by molar-refractivity contribution is 7.99. The summed E-state index contributed by atoms with van der Waals surface area (Å²) in [5.41, 5.74) is 2.28. The highest BCUT2D eigenvalue weighted by Crippen LogP contribution is 2.28. The lowest BCUT2D eigenvalue weighted by Gasteiger charge is -2.27. The van der Waals surface area contributed by atoms with Crippen molar-refractivity contribution in [2.45, 2.75) is 31.3 Å². The zero-order valence-corrected chi connectivity index (χ0v) is 13.5. The van der Waals surface area contributed by atoms with Crippen LogP contribution in [0.2, 0.25) is 0 Å². The van der Waals surface area contributed by atoms with Gasteiger partial charge in [-0.1, -0.05) is 29.5 Å². The molecule has 3 rings (SSSR count). The van der Waals surface area contributed by atoms with Gasteiger partial charge in [-0.25, -0.2) is 0 Å². The molecule has 0 bridgehead atoms. The zero-order chi connectivity index (χ0) is 15.4. The molecule has 5 nitrogen and oxygen atoms in total. The quantitative estimate of drug-likeness (QED) is 0.811. The summed E-state index contributed by atoms with van der Waals surface area (Å²) in [5, 5.41) is 18.3. The molecule has 1 aromatic heterocycles. The molecule has 1 aliphatic heterocycles. The molecule has 0 spiro atoms. The Morgan fingerprint density at radius 2 is 1.86 bits per heavy atom. The number of nitrogens with zero attached hydrogens (tertiary/aromatic N) is 5. The fourth-order valence-electron chi connectivity index (χ4n) is 2.67. The maximum absolute atomic E-state index is 8.84. The number of nitriles is 1. The average Bonchev–Trinajstić information content (AvgIpc) is 2.98. The first-order valence-corrected chi connectivity index (χ1v) is 8.55. The van der Waals surface area contributed by atoms with E-state index < -0.39 is 0 Å². The van der Waals surface area contributed by atoms with Crippen LogP contribution in [-0.4, -0.2) is 33.6 Å². The number of aromatic nitrogens is 3. The monoisotopic (exact) mass is 313 g/mol. The maximum atomic E-state index is 8.84. The molecular formula is C16H19N5S. The van der Waals surface area contributed by atoms with Gasteiger partial charge in [0.15, 0.2) is 5.16 Å². The van der Waals surface area contributed by atoms with Crippen molar-refractivity contribution in [2.24, 2.45) is 0 Å². The molecule has 1 aliphatic rings. The van der Waals surface area contributed by atoms with Gasteiger partial charge in [0.2, 0.25) is 5.95 Å². The van der Waals surface area contributed by atoms with Crippen LogP contribution in [-0.2, 0) is 0 Å². The minimum atomic E-state index is 0.379. The van der Waals surface area contributed by atoms with Crippen molar-refractivity contribution in [1.29, 1.82) is 5.26 Å². The van der Waals surface area contributed by atoms with E-state index >= 15 is 0 Å². The molecule has 22 heavy (non-hydrogen) atoms. The highest BCUT2D eigenvalue weighted by atomic mass is 32.2. The van der Waals surface area contributed by atoms with E-state index in [2.05, 4.69) is 56.9 Å². The molecule has 2 heterocycles. The van der Waals surface area contributed by atoms with Gasteiger partial charge in [-0.2, -0.15) is 5.26 Å². The summed E-state index contributed by atoms with van der Waals surface area (Å²) in [6, 6.07) is 10.5. The third kappa shape index (κ3) is 3.09. The average molecular weight is 313 g/mol. The van der Waals surface area contributed by atoms with E-state index in [0.717, 1.165) is 29.9 Å². The third-order valence-electron chi connectivity index (χ3n) is 3.81. The summed E-state index contributed by atoms with van der Waals surface area (Å²) >= 11 is 1.43. The van der Waals surface area contributed by atoms with E-state index in [1.165, 1.54) is 36.6 Å². The molecule has 0 unspecified atom stereocenters. The van der Waals surface area contributed by atoms with E-state index in [1.54, 1.807) is 0 Å². The second-order valence-corrected chi connectivity index (χ2v) is 6.39. The first kappa shape index (κ1) is 14.9. The number of benzene rings is 1. The Hall–Kier alpha value is -2.00. The maximum Gasteiger partial charge on any atom is 0.232 e. The number of thioether (sulfide) groups is 1. The van der Waals surface area contributed by atoms with E-state index in [-0.39, 0.29) is 0 Å². The predicted octanol–water partition coefficient (Wildman–Crippen LogP) is 3.18. The number of anilines is 1. The smallest absolute Gasteiger partial charge is 0.232 e. The van der Waals surface area contributed by atoms with Gasteiger partial charge in [0, 0.05) is 13.1 Å². The number of hydrogen-bond acceptors (Lipinski definition) is 5. The molecule has 6 heteroatoms. The molecule has 114 valence electrons. The van der Waals surface area contributed by atoms with Gasteiger partial charge in [0.25, 0.3) is 0 Å². The van der Waals surface area contributed by atoms with Crippen LogP contribution in [0.3, 0.4) is 0 Å². The van der Waals surface area contributed by atoms with Crippen molar-refractivity contribution >= 4 is 17.7 Å². The van der Waals surface area contributed by atoms with Crippen LogP contribution in [0.5, 0.6) is 0 Å². The van der Waals surface area contributed by atoms with Crippen molar-refractivity contribution in [3.8, 4) is 11.8 Å². The van der Waals surface area contributed by atoms with Crippen molar-refractivity contribution in [1.82, 2.24) is 14.8 Å². The summed E-state index contributed by atoms with van der Waals surface area (Å²) in [7, 11) is 0. The van der Waals surface area contributed by atoms with Crippen LogP contribution >= 0.6 is 11.8 Å². The minimum absolute atomic E-state index is 0.379. The lowest BCUT2D eigenvalue weighted by molar-refractivity contribution is 0.564. The summed E-state index contributed by atoms with van der Waals surface area (Å²) in [6.07, 6.45) is 3.67. The molecule has 0 saturated carbocycles. The summed E-state index contributed by atoms with van der Waals surface area (Å²) in [4.78, 5) is 2.30. The van der Waals surface area contributed by atoms with E-state index in [9.17, 15) is 0 Å². The summed E-state index contributed by atoms with van der Waals surface area (Å²) in [6.45, 7) is 4.12. The van der Waals surface area contributed by atoms with E-state index in [1.807, 2.05) is 0 Å². The fourth-order valence-corrected chi connectivity index (χ4v) is 3.28. The van der Waals surface area contributed by atoms with Crippen LogP contribution in [0.25, 0.3) is 5.69 Å². The van der Waals surface area contributed by atoms with Gasteiger partial charge in [0.1, 0.15) is 0 Å². The minimum Gasteiger partial charge on any atom is -0.341 e. The Kier molecular flexibility index (Phi) is 4.64. The second-order valence-electron chi connectivity index (χ2n) is 5.45. The number of rotatable bonds is 4. The molecule has 0 amide bonds. The zero-order valence-electron chi connectivity index (χ0n) is 12.7. The van der Waals surface area contributed by atoms with Gasteiger partial charge in [-0.05, 0) is 38.3 Å². The predicted molar refractivity (Wildman–Crippen MR) is 88.5 cm³/mol. The first-order chi connectivity index (χ1) is 10.8. The van der Waals surface area contributed by atoms with Crippen molar-refractivity contribution in [3.63, 3.8) is 0 Å². The Balaban J connectivity index is 2.00. The van der Waals surface area contributed by atoms with Gasteiger partial charge in [-0.15, -0.1) is 10.2 Å². The standard InChI is InChI=1S/C16H19N5S/c1-13-5-7-14(8-6-13)21-15(20-10-3-2-4-11-20)18-19-16(21)22-12-9-17/h5-8H,2-4,10-12H2,1H3. The molecule has 2 aromatic rings. The Morgan fingerprint density at radius 1 is 1.14 bits per heavy atom. The van der Waals surface area contributed by atoms with Gasteiger partial charge in [-0.3, -0.25) is 4.57 Å². The van der Waals surface area contributed by atoms with Crippen molar-refractivity contribution in [2.75, 3.05) is 23.7 Å². The molecule has 0 N–H and O–H groups in total. The van der Waals surface area contributed by atoms with Crippen molar-refractivity contribution in [3.05, 3.63) is 29.8 Å². The molecule has 0 radical (unpaired) electrons. The van der Waals surface area contributed by atoms with Gasteiger partial charge >= 0.3 is 0 Å². The van der Waals surface area contributed by atoms with Gasteiger partial charge < -0.3 is 4.90 Å².